The molecule has 3 nitrogen and oxygen atoms in total. The normalized spacial score (nSPS) is 46.7. The standard InChI is InChI=1S/C15H20O3/c1-15-7-3-2-4-11(15)13(17)8-14-12(15)6-5-10(9-16)18-14/h3,5-7,10-12,14,16H,2,4,8-9H2,1H3/t10-,11+,12?,14+,15-/m0/s1. The molecule has 0 amide bonds. The largest absolute Gasteiger partial charge is 0.393 e. The van der Waals surface area contributed by atoms with Crippen molar-refractivity contribution in [1.29, 1.82) is 0 Å². The van der Waals surface area contributed by atoms with E-state index < -0.39 is 0 Å². The van der Waals surface area contributed by atoms with Crippen LogP contribution in [-0.2, 0) is 9.53 Å². The number of ether oxygens (including phenoxy) is 1. The number of aliphatic hydroxyl groups excluding tert-OH is 1. The van der Waals surface area contributed by atoms with Gasteiger partial charge in [-0.1, -0.05) is 31.2 Å². The molecule has 3 aliphatic rings. The van der Waals surface area contributed by atoms with Gasteiger partial charge in [0.2, 0.25) is 0 Å². The Kier molecular flexibility index (Phi) is 2.91. The van der Waals surface area contributed by atoms with Gasteiger partial charge in [0.15, 0.2) is 0 Å². The number of carbonyl (C=O) groups excluding carboxylic acids is 1. The summed E-state index contributed by atoms with van der Waals surface area (Å²) in [4.78, 5) is 12.3. The van der Waals surface area contributed by atoms with Gasteiger partial charge >= 0.3 is 0 Å². The molecule has 1 fully saturated rings. The third kappa shape index (κ3) is 1.69. The summed E-state index contributed by atoms with van der Waals surface area (Å²) in [7, 11) is 0. The summed E-state index contributed by atoms with van der Waals surface area (Å²) in [5.41, 5.74) is -0.102. The van der Waals surface area contributed by atoms with Crippen molar-refractivity contribution in [2.45, 2.75) is 38.4 Å². The minimum absolute atomic E-state index is 0.0100. The highest BCUT2D eigenvalue weighted by molar-refractivity contribution is 5.84. The van der Waals surface area contributed by atoms with E-state index in [0.717, 1.165) is 12.8 Å². The summed E-state index contributed by atoms with van der Waals surface area (Å²) >= 11 is 0. The van der Waals surface area contributed by atoms with Crippen LogP contribution in [0.25, 0.3) is 0 Å². The quantitative estimate of drug-likeness (QED) is 0.720. The summed E-state index contributed by atoms with van der Waals surface area (Å²) in [5, 5.41) is 9.17. The van der Waals surface area contributed by atoms with Gasteiger partial charge in [-0.3, -0.25) is 4.79 Å². The van der Waals surface area contributed by atoms with E-state index in [4.69, 9.17) is 9.84 Å². The van der Waals surface area contributed by atoms with Crippen LogP contribution in [0.1, 0.15) is 26.2 Å². The van der Waals surface area contributed by atoms with Gasteiger partial charge in [0, 0.05) is 23.7 Å². The molecule has 3 heteroatoms. The maximum atomic E-state index is 12.3. The molecule has 0 aromatic heterocycles. The smallest absolute Gasteiger partial charge is 0.139 e. The van der Waals surface area contributed by atoms with Crippen molar-refractivity contribution in [2.75, 3.05) is 6.61 Å². The van der Waals surface area contributed by atoms with Gasteiger partial charge in [0.25, 0.3) is 0 Å². The Morgan fingerprint density at radius 3 is 3.11 bits per heavy atom. The van der Waals surface area contributed by atoms with Crippen molar-refractivity contribution in [3.05, 3.63) is 24.3 Å². The highest BCUT2D eigenvalue weighted by Gasteiger charge is 2.52. The molecule has 0 aromatic rings. The van der Waals surface area contributed by atoms with Crippen molar-refractivity contribution in [2.24, 2.45) is 17.3 Å². The Labute approximate surface area is 108 Å². The Hall–Kier alpha value is -0.930. The van der Waals surface area contributed by atoms with E-state index in [1.807, 2.05) is 6.08 Å². The molecule has 0 spiro atoms. The lowest BCUT2D eigenvalue weighted by Crippen LogP contribution is -2.53. The Morgan fingerprint density at radius 2 is 2.33 bits per heavy atom. The van der Waals surface area contributed by atoms with Gasteiger partial charge in [0.05, 0.1) is 18.8 Å². The lowest BCUT2D eigenvalue weighted by Gasteiger charge is -2.50. The van der Waals surface area contributed by atoms with Crippen LogP contribution in [0.15, 0.2) is 24.3 Å². The first-order chi connectivity index (χ1) is 8.65. The first-order valence-corrected chi connectivity index (χ1v) is 6.80. The number of hydrogen-bond donors (Lipinski definition) is 1. The summed E-state index contributed by atoms with van der Waals surface area (Å²) in [6.07, 6.45) is 10.7. The molecule has 1 saturated carbocycles. The zero-order valence-electron chi connectivity index (χ0n) is 10.7. The van der Waals surface area contributed by atoms with Crippen LogP contribution >= 0.6 is 0 Å². The minimum Gasteiger partial charge on any atom is -0.393 e. The maximum absolute atomic E-state index is 12.3. The molecular weight excluding hydrogens is 228 g/mol. The monoisotopic (exact) mass is 248 g/mol. The Balaban J connectivity index is 1.96. The molecular formula is C15H20O3. The maximum Gasteiger partial charge on any atom is 0.139 e. The second-order valence-corrected chi connectivity index (χ2v) is 5.88. The van der Waals surface area contributed by atoms with Gasteiger partial charge in [0.1, 0.15) is 5.78 Å². The third-order valence-electron chi connectivity index (χ3n) is 4.82. The predicted octanol–water partition coefficient (Wildman–Crippen LogP) is 1.86. The molecule has 1 unspecified atom stereocenters. The van der Waals surface area contributed by atoms with Crippen LogP contribution < -0.4 is 0 Å². The second-order valence-electron chi connectivity index (χ2n) is 5.88. The van der Waals surface area contributed by atoms with Crippen LogP contribution in [-0.4, -0.2) is 29.7 Å². The van der Waals surface area contributed by atoms with Gasteiger partial charge in [-0.2, -0.15) is 0 Å². The van der Waals surface area contributed by atoms with Gasteiger partial charge in [-0.05, 0) is 12.8 Å². The Morgan fingerprint density at radius 1 is 1.50 bits per heavy atom. The zero-order chi connectivity index (χ0) is 12.8. The predicted molar refractivity (Wildman–Crippen MR) is 68.0 cm³/mol. The number of allylic oxidation sites excluding steroid dienone is 2. The number of ketones is 1. The molecule has 1 heterocycles. The number of fused-ring (bicyclic) bond motifs is 3. The fourth-order valence-electron chi connectivity index (χ4n) is 3.83. The molecule has 5 atom stereocenters. The van der Waals surface area contributed by atoms with E-state index >= 15 is 0 Å². The molecule has 0 saturated heterocycles. The molecule has 1 aliphatic heterocycles. The number of hydrogen-bond acceptors (Lipinski definition) is 3. The van der Waals surface area contributed by atoms with Crippen molar-refractivity contribution >= 4 is 5.78 Å². The third-order valence-corrected chi connectivity index (χ3v) is 4.82. The van der Waals surface area contributed by atoms with Crippen LogP contribution in [0.3, 0.4) is 0 Å². The molecule has 0 aromatic carbocycles. The van der Waals surface area contributed by atoms with E-state index in [0.29, 0.717) is 12.2 Å². The van der Waals surface area contributed by atoms with Crippen LogP contribution in [0, 0.1) is 17.3 Å². The topological polar surface area (TPSA) is 46.5 Å². The summed E-state index contributed by atoms with van der Waals surface area (Å²) in [6.45, 7) is 2.17. The Bertz CT molecular complexity index is 412. The van der Waals surface area contributed by atoms with Crippen LogP contribution in [0.4, 0.5) is 0 Å². The lowest BCUT2D eigenvalue weighted by atomic mass is 9.56. The van der Waals surface area contributed by atoms with Crippen LogP contribution in [0.5, 0.6) is 0 Å². The molecule has 3 rings (SSSR count). The first kappa shape index (κ1) is 12.1. The number of aliphatic hydroxyl groups is 1. The van der Waals surface area contributed by atoms with Crippen molar-refractivity contribution in [3.63, 3.8) is 0 Å². The highest BCUT2D eigenvalue weighted by atomic mass is 16.5. The zero-order valence-corrected chi connectivity index (χ0v) is 10.7. The lowest BCUT2D eigenvalue weighted by molar-refractivity contribution is -0.147. The SMILES string of the molecule is C[C@]12C=CCC[C@@H]1C(=O)C[C@H]1O[C@H](CO)C=CC12. The van der Waals surface area contributed by atoms with E-state index in [2.05, 4.69) is 25.2 Å². The average molecular weight is 248 g/mol. The van der Waals surface area contributed by atoms with E-state index in [1.54, 1.807) is 0 Å². The van der Waals surface area contributed by atoms with Crippen molar-refractivity contribution < 1.29 is 14.6 Å². The first-order valence-electron chi connectivity index (χ1n) is 6.80. The van der Waals surface area contributed by atoms with Gasteiger partial charge in [-0.15, -0.1) is 0 Å². The van der Waals surface area contributed by atoms with E-state index in [1.165, 1.54) is 0 Å². The average Bonchev–Trinajstić information content (AvgIpc) is 2.38. The number of Topliss-reactive ketones (excluding diaryl/α,β-unsaturated/α-hetero) is 1. The molecule has 0 radical (unpaired) electrons. The summed E-state index contributed by atoms with van der Waals surface area (Å²) < 4.78 is 5.83. The number of carbonyl (C=O) groups is 1. The second kappa shape index (κ2) is 4.32. The molecule has 18 heavy (non-hydrogen) atoms. The van der Waals surface area contributed by atoms with Gasteiger partial charge < -0.3 is 9.84 Å². The van der Waals surface area contributed by atoms with E-state index in [-0.39, 0.29) is 36.1 Å². The highest BCUT2D eigenvalue weighted by Crippen LogP contribution is 2.51. The number of rotatable bonds is 1. The minimum atomic E-state index is -0.244. The molecule has 1 N–H and O–H groups in total. The van der Waals surface area contributed by atoms with Crippen molar-refractivity contribution in [3.8, 4) is 0 Å². The van der Waals surface area contributed by atoms with Gasteiger partial charge in [-0.25, -0.2) is 0 Å². The van der Waals surface area contributed by atoms with E-state index in [9.17, 15) is 4.79 Å². The fourth-order valence-corrected chi connectivity index (χ4v) is 3.83. The fraction of sp³-hybridized carbons (Fsp3) is 0.667. The summed E-state index contributed by atoms with van der Waals surface area (Å²) in [6, 6.07) is 0. The van der Waals surface area contributed by atoms with Crippen LogP contribution in [0.2, 0.25) is 0 Å². The van der Waals surface area contributed by atoms with Crippen molar-refractivity contribution in [1.82, 2.24) is 0 Å². The summed E-state index contributed by atoms with van der Waals surface area (Å²) in [5.74, 6) is 0.734. The molecule has 2 aliphatic carbocycles. The molecule has 98 valence electrons. The molecule has 0 bridgehead atoms.